The zero-order chi connectivity index (χ0) is 23.4. The molecular formula is C26H30N4O3. The molecule has 7 heteroatoms. The SMILES string of the molecule is CCN1CCN(c2cccc(Oc3cc(C)cc(-c4cccc(CN)c4)c3)n2)C(C(=O)O)C1. The van der Waals surface area contributed by atoms with Gasteiger partial charge in [-0.2, -0.15) is 4.98 Å². The number of ether oxygens (including phenoxy) is 1. The highest BCUT2D eigenvalue weighted by Gasteiger charge is 2.32. The van der Waals surface area contributed by atoms with E-state index in [4.69, 9.17) is 10.5 Å². The molecule has 1 unspecified atom stereocenters. The lowest BCUT2D eigenvalue weighted by Crippen LogP contribution is -2.56. The van der Waals surface area contributed by atoms with Gasteiger partial charge in [-0.1, -0.05) is 37.3 Å². The van der Waals surface area contributed by atoms with Crippen molar-refractivity contribution in [1.29, 1.82) is 0 Å². The molecule has 0 bridgehead atoms. The second-order valence-corrected chi connectivity index (χ2v) is 8.32. The maximum atomic E-state index is 11.9. The van der Waals surface area contributed by atoms with Crippen LogP contribution in [0.2, 0.25) is 0 Å². The minimum absolute atomic E-state index is 0.432. The van der Waals surface area contributed by atoms with Crippen molar-refractivity contribution in [2.45, 2.75) is 26.4 Å². The Labute approximate surface area is 194 Å². The standard InChI is InChI=1S/C26H30N4O3/c1-3-29-10-11-30(23(17-29)26(31)32)24-8-5-9-25(28-24)33-22-13-18(2)12-21(15-22)20-7-4-6-19(14-20)16-27/h4-9,12-15,23H,3,10-11,16-17,27H2,1-2H3,(H,31,32). The first-order valence-electron chi connectivity index (χ1n) is 11.2. The summed E-state index contributed by atoms with van der Waals surface area (Å²) in [6, 6.07) is 19.0. The van der Waals surface area contributed by atoms with Crippen molar-refractivity contribution >= 4 is 11.8 Å². The van der Waals surface area contributed by atoms with Crippen LogP contribution < -0.4 is 15.4 Å². The maximum Gasteiger partial charge on any atom is 0.327 e. The van der Waals surface area contributed by atoms with Crippen LogP contribution in [0, 0.1) is 6.92 Å². The molecular weight excluding hydrogens is 416 g/mol. The van der Waals surface area contributed by atoms with Gasteiger partial charge in [-0.15, -0.1) is 0 Å². The molecule has 3 N–H and O–H groups in total. The number of carboxylic acid groups (broad SMARTS) is 1. The minimum Gasteiger partial charge on any atom is -0.480 e. The summed E-state index contributed by atoms with van der Waals surface area (Å²) in [5, 5.41) is 9.76. The predicted octanol–water partition coefficient (Wildman–Crippen LogP) is 3.90. The van der Waals surface area contributed by atoms with Crippen LogP contribution in [-0.4, -0.2) is 53.2 Å². The summed E-state index contributed by atoms with van der Waals surface area (Å²) in [5.41, 5.74) is 10.1. The maximum absolute atomic E-state index is 11.9. The Morgan fingerprint density at radius 3 is 2.70 bits per heavy atom. The van der Waals surface area contributed by atoms with Gasteiger partial charge in [0.25, 0.3) is 0 Å². The predicted molar refractivity (Wildman–Crippen MR) is 130 cm³/mol. The summed E-state index contributed by atoms with van der Waals surface area (Å²) in [6.07, 6.45) is 0. The molecule has 4 rings (SSSR count). The molecule has 1 fully saturated rings. The van der Waals surface area contributed by atoms with Gasteiger partial charge in [-0.25, -0.2) is 4.79 Å². The number of hydrogen-bond donors (Lipinski definition) is 2. The first-order valence-corrected chi connectivity index (χ1v) is 11.2. The highest BCUT2D eigenvalue weighted by atomic mass is 16.5. The lowest BCUT2D eigenvalue weighted by atomic mass is 10.0. The van der Waals surface area contributed by atoms with Gasteiger partial charge in [0, 0.05) is 32.2 Å². The summed E-state index contributed by atoms with van der Waals surface area (Å²) in [5.74, 6) is 0.878. The van der Waals surface area contributed by atoms with Crippen LogP contribution in [0.25, 0.3) is 11.1 Å². The molecule has 2 heterocycles. The molecule has 0 amide bonds. The van der Waals surface area contributed by atoms with Crippen molar-refractivity contribution in [2.75, 3.05) is 31.1 Å². The van der Waals surface area contributed by atoms with E-state index in [1.54, 1.807) is 6.07 Å². The number of hydrogen-bond acceptors (Lipinski definition) is 6. The molecule has 0 spiro atoms. The Bertz CT molecular complexity index is 1130. The van der Waals surface area contributed by atoms with Crippen molar-refractivity contribution in [3.8, 4) is 22.8 Å². The summed E-state index contributed by atoms with van der Waals surface area (Å²) in [4.78, 5) is 20.5. The lowest BCUT2D eigenvalue weighted by molar-refractivity contribution is -0.139. The number of piperazine rings is 1. The van der Waals surface area contributed by atoms with E-state index < -0.39 is 12.0 Å². The van der Waals surface area contributed by atoms with Crippen LogP contribution in [-0.2, 0) is 11.3 Å². The zero-order valence-electron chi connectivity index (χ0n) is 19.1. The smallest absolute Gasteiger partial charge is 0.327 e. The van der Waals surface area contributed by atoms with E-state index in [2.05, 4.69) is 28.1 Å². The number of likely N-dealkylation sites (N-methyl/N-ethyl adjacent to an activating group) is 1. The average Bonchev–Trinajstić information content (AvgIpc) is 2.83. The Morgan fingerprint density at radius 1 is 1.12 bits per heavy atom. The summed E-state index contributed by atoms with van der Waals surface area (Å²) in [7, 11) is 0. The largest absolute Gasteiger partial charge is 0.480 e. The molecule has 7 nitrogen and oxygen atoms in total. The molecule has 2 aromatic carbocycles. The van der Waals surface area contributed by atoms with Crippen LogP contribution in [0.1, 0.15) is 18.1 Å². The van der Waals surface area contributed by atoms with E-state index in [0.29, 0.717) is 37.1 Å². The third kappa shape index (κ3) is 5.32. The molecule has 0 aliphatic carbocycles. The van der Waals surface area contributed by atoms with E-state index in [9.17, 15) is 9.90 Å². The number of anilines is 1. The first-order chi connectivity index (χ1) is 16.0. The second kappa shape index (κ2) is 10.0. The third-order valence-electron chi connectivity index (χ3n) is 5.97. The van der Waals surface area contributed by atoms with Gasteiger partial charge in [0.15, 0.2) is 0 Å². The summed E-state index contributed by atoms with van der Waals surface area (Å²) < 4.78 is 6.13. The number of nitrogens with zero attached hydrogens (tertiary/aromatic N) is 3. The number of rotatable bonds is 7. The number of carboxylic acids is 1. The number of pyridine rings is 1. The summed E-state index contributed by atoms with van der Waals surface area (Å²) in [6.45, 7) is 7.27. The number of nitrogens with two attached hydrogens (primary N) is 1. The molecule has 0 saturated carbocycles. The van der Waals surface area contributed by atoms with Crippen LogP contribution >= 0.6 is 0 Å². The van der Waals surface area contributed by atoms with E-state index in [1.807, 2.05) is 55.1 Å². The molecule has 1 saturated heterocycles. The number of aliphatic carboxylic acids is 1. The third-order valence-corrected chi connectivity index (χ3v) is 5.97. The van der Waals surface area contributed by atoms with Gasteiger partial charge in [0.1, 0.15) is 17.6 Å². The molecule has 33 heavy (non-hydrogen) atoms. The molecule has 1 aliphatic heterocycles. The van der Waals surface area contributed by atoms with E-state index in [0.717, 1.165) is 35.3 Å². The van der Waals surface area contributed by atoms with E-state index in [1.165, 1.54) is 0 Å². The Hall–Kier alpha value is -3.42. The van der Waals surface area contributed by atoms with Gasteiger partial charge in [-0.05, 0) is 60.0 Å². The quantitative estimate of drug-likeness (QED) is 0.569. The normalized spacial score (nSPS) is 16.6. The van der Waals surface area contributed by atoms with Gasteiger partial charge in [0.2, 0.25) is 5.88 Å². The average molecular weight is 447 g/mol. The Balaban J connectivity index is 1.59. The van der Waals surface area contributed by atoms with Gasteiger partial charge in [-0.3, -0.25) is 4.90 Å². The molecule has 172 valence electrons. The Kier molecular flexibility index (Phi) is 6.91. The molecule has 1 aliphatic rings. The topological polar surface area (TPSA) is 91.9 Å². The highest BCUT2D eigenvalue weighted by Crippen LogP contribution is 2.30. The fourth-order valence-corrected chi connectivity index (χ4v) is 4.21. The lowest BCUT2D eigenvalue weighted by Gasteiger charge is -2.39. The zero-order valence-corrected chi connectivity index (χ0v) is 19.1. The second-order valence-electron chi connectivity index (χ2n) is 8.32. The monoisotopic (exact) mass is 446 g/mol. The number of aromatic nitrogens is 1. The van der Waals surface area contributed by atoms with Crippen molar-refractivity contribution in [2.24, 2.45) is 5.73 Å². The fourth-order valence-electron chi connectivity index (χ4n) is 4.21. The summed E-state index contributed by atoms with van der Waals surface area (Å²) >= 11 is 0. The molecule has 3 aromatic rings. The van der Waals surface area contributed by atoms with Crippen LogP contribution in [0.15, 0.2) is 60.7 Å². The number of benzene rings is 2. The van der Waals surface area contributed by atoms with Crippen LogP contribution in [0.4, 0.5) is 5.82 Å². The first kappa shape index (κ1) is 22.8. The van der Waals surface area contributed by atoms with Crippen molar-refractivity contribution in [3.05, 3.63) is 71.8 Å². The minimum atomic E-state index is -0.843. The molecule has 1 aromatic heterocycles. The van der Waals surface area contributed by atoms with Crippen LogP contribution in [0.3, 0.4) is 0 Å². The van der Waals surface area contributed by atoms with Crippen molar-refractivity contribution < 1.29 is 14.6 Å². The van der Waals surface area contributed by atoms with Crippen LogP contribution in [0.5, 0.6) is 11.6 Å². The molecule has 1 atom stereocenters. The Morgan fingerprint density at radius 2 is 1.94 bits per heavy atom. The van der Waals surface area contributed by atoms with Gasteiger partial charge >= 0.3 is 5.97 Å². The van der Waals surface area contributed by atoms with Gasteiger partial charge < -0.3 is 20.5 Å². The van der Waals surface area contributed by atoms with Crippen molar-refractivity contribution in [3.63, 3.8) is 0 Å². The highest BCUT2D eigenvalue weighted by molar-refractivity contribution is 5.78. The van der Waals surface area contributed by atoms with Crippen molar-refractivity contribution in [1.82, 2.24) is 9.88 Å². The van der Waals surface area contributed by atoms with E-state index in [-0.39, 0.29) is 0 Å². The fraction of sp³-hybridized carbons (Fsp3) is 0.308. The number of aryl methyl sites for hydroxylation is 1. The molecule has 0 radical (unpaired) electrons. The number of carbonyl (C=O) groups is 1. The van der Waals surface area contributed by atoms with Gasteiger partial charge in [0.05, 0.1) is 0 Å². The van der Waals surface area contributed by atoms with E-state index >= 15 is 0 Å².